The van der Waals surface area contributed by atoms with Crippen LogP contribution in [0.15, 0.2) is 84.9 Å². The molecular weight excluding hydrogens is 464 g/mol. The van der Waals surface area contributed by atoms with Crippen molar-refractivity contribution in [3.63, 3.8) is 0 Å². The van der Waals surface area contributed by atoms with Gasteiger partial charge in [0.1, 0.15) is 6.04 Å². The van der Waals surface area contributed by atoms with E-state index in [1.165, 1.54) is 11.1 Å². The summed E-state index contributed by atoms with van der Waals surface area (Å²) in [5, 5.41) is 3.08. The number of carbonyl (C=O) groups is 2. The molecule has 3 aromatic carbocycles. The van der Waals surface area contributed by atoms with Crippen LogP contribution in [0.2, 0.25) is 0 Å². The molecule has 0 saturated heterocycles. The lowest BCUT2D eigenvalue weighted by molar-refractivity contribution is -0.141. The number of aryl methyl sites for hydroxylation is 1. The Labute approximate surface area is 220 Å². The fraction of sp³-hybridized carbons (Fsp3) is 0.355. The van der Waals surface area contributed by atoms with Crippen molar-refractivity contribution in [2.45, 2.75) is 52.0 Å². The van der Waals surface area contributed by atoms with E-state index < -0.39 is 6.04 Å². The minimum Gasteiger partial charge on any atom is -0.354 e. The second-order valence-electron chi connectivity index (χ2n) is 9.64. The highest BCUT2D eigenvalue weighted by atomic mass is 32.2. The van der Waals surface area contributed by atoms with Crippen LogP contribution >= 0.6 is 11.8 Å². The average Bonchev–Trinajstić information content (AvgIpc) is 2.89. The summed E-state index contributed by atoms with van der Waals surface area (Å²) in [4.78, 5) is 28.9. The van der Waals surface area contributed by atoms with Gasteiger partial charge in [0.25, 0.3) is 0 Å². The van der Waals surface area contributed by atoms with Crippen molar-refractivity contribution in [2.75, 3.05) is 12.3 Å². The minimum absolute atomic E-state index is 0.0109. The quantitative estimate of drug-likeness (QED) is 0.290. The summed E-state index contributed by atoms with van der Waals surface area (Å²) < 4.78 is 0. The smallest absolute Gasteiger partial charge is 0.243 e. The monoisotopic (exact) mass is 502 g/mol. The highest BCUT2D eigenvalue weighted by Gasteiger charge is 2.30. The minimum atomic E-state index is -0.570. The molecule has 0 heterocycles. The van der Waals surface area contributed by atoms with E-state index in [0.717, 1.165) is 16.9 Å². The Morgan fingerprint density at radius 1 is 0.833 bits per heavy atom. The van der Waals surface area contributed by atoms with E-state index in [4.69, 9.17) is 0 Å². The maximum Gasteiger partial charge on any atom is 0.243 e. The third-order valence-electron chi connectivity index (χ3n) is 6.00. The highest BCUT2D eigenvalue weighted by molar-refractivity contribution is 7.98. The number of amides is 2. The van der Waals surface area contributed by atoms with Gasteiger partial charge in [-0.1, -0.05) is 104 Å². The summed E-state index contributed by atoms with van der Waals surface area (Å²) in [6, 6.07) is 27.9. The van der Waals surface area contributed by atoms with Gasteiger partial charge in [-0.05, 0) is 29.5 Å². The van der Waals surface area contributed by atoms with Crippen molar-refractivity contribution >= 4 is 23.6 Å². The van der Waals surface area contributed by atoms with E-state index in [9.17, 15) is 9.59 Å². The third-order valence-corrected chi connectivity index (χ3v) is 7.03. The van der Waals surface area contributed by atoms with Crippen molar-refractivity contribution in [3.8, 4) is 0 Å². The molecule has 5 heteroatoms. The van der Waals surface area contributed by atoms with Crippen molar-refractivity contribution in [2.24, 2.45) is 5.92 Å². The van der Waals surface area contributed by atoms with E-state index >= 15 is 0 Å². The van der Waals surface area contributed by atoms with Crippen LogP contribution in [-0.2, 0) is 28.3 Å². The first-order valence-corrected chi connectivity index (χ1v) is 13.9. The topological polar surface area (TPSA) is 49.4 Å². The normalized spacial score (nSPS) is 11.8. The largest absolute Gasteiger partial charge is 0.354 e. The van der Waals surface area contributed by atoms with Crippen molar-refractivity contribution in [1.82, 2.24) is 10.2 Å². The summed E-state index contributed by atoms with van der Waals surface area (Å²) in [7, 11) is 0. The zero-order valence-corrected chi connectivity index (χ0v) is 22.5. The molecule has 0 radical (unpaired) electrons. The Bertz CT molecular complexity index is 1070. The lowest BCUT2D eigenvalue weighted by atomic mass is 10.0. The first kappa shape index (κ1) is 27.5. The van der Waals surface area contributed by atoms with Gasteiger partial charge >= 0.3 is 0 Å². The number of hydrogen-bond donors (Lipinski definition) is 1. The summed E-state index contributed by atoms with van der Waals surface area (Å²) in [5.41, 5.74) is 4.49. The number of carbonyl (C=O) groups excluding carboxylic acids is 2. The summed E-state index contributed by atoms with van der Waals surface area (Å²) in [6.07, 6.45) is 0.881. The average molecular weight is 503 g/mol. The molecule has 0 unspecified atom stereocenters. The number of nitrogens with one attached hydrogen (secondary N) is 1. The number of rotatable bonds is 13. The van der Waals surface area contributed by atoms with Crippen LogP contribution in [0.3, 0.4) is 0 Å². The summed E-state index contributed by atoms with van der Waals surface area (Å²) in [5.74, 6) is 1.83. The molecule has 1 atom stereocenters. The number of hydrogen-bond acceptors (Lipinski definition) is 3. The van der Waals surface area contributed by atoms with Gasteiger partial charge in [0.2, 0.25) is 11.8 Å². The van der Waals surface area contributed by atoms with Crippen LogP contribution in [-0.4, -0.2) is 35.1 Å². The Balaban J connectivity index is 1.78. The molecule has 0 bridgehead atoms. The highest BCUT2D eigenvalue weighted by Crippen LogP contribution is 2.19. The van der Waals surface area contributed by atoms with Crippen LogP contribution < -0.4 is 5.32 Å². The maximum atomic E-state index is 13.6. The van der Waals surface area contributed by atoms with Crippen LogP contribution in [0.25, 0.3) is 0 Å². The van der Waals surface area contributed by atoms with Gasteiger partial charge in [0, 0.05) is 37.4 Å². The first-order chi connectivity index (χ1) is 17.4. The SMILES string of the molecule is Cc1ccc(CN(C(=O)CCSCc2ccccc2)[C@@H](Cc2ccccc2)C(=O)NCC(C)C)cc1. The maximum absolute atomic E-state index is 13.6. The predicted molar refractivity (Wildman–Crippen MR) is 151 cm³/mol. The van der Waals surface area contributed by atoms with E-state index in [1.54, 1.807) is 16.7 Å². The molecule has 1 N–H and O–H groups in total. The first-order valence-electron chi connectivity index (χ1n) is 12.7. The number of thioether (sulfide) groups is 1. The Morgan fingerprint density at radius 3 is 2.06 bits per heavy atom. The molecule has 4 nitrogen and oxygen atoms in total. The molecule has 36 heavy (non-hydrogen) atoms. The van der Waals surface area contributed by atoms with E-state index in [1.807, 2.05) is 67.6 Å². The molecule has 0 fully saturated rings. The van der Waals surface area contributed by atoms with E-state index in [2.05, 4.69) is 43.4 Å². The van der Waals surface area contributed by atoms with Gasteiger partial charge in [-0.2, -0.15) is 11.8 Å². The molecule has 0 aliphatic rings. The van der Waals surface area contributed by atoms with Gasteiger partial charge in [-0.15, -0.1) is 0 Å². The van der Waals surface area contributed by atoms with Gasteiger partial charge < -0.3 is 10.2 Å². The lowest BCUT2D eigenvalue weighted by Gasteiger charge is -2.32. The second kappa shape index (κ2) is 14.5. The van der Waals surface area contributed by atoms with Gasteiger partial charge in [0.05, 0.1) is 0 Å². The third kappa shape index (κ3) is 9.19. The molecule has 3 aromatic rings. The fourth-order valence-electron chi connectivity index (χ4n) is 3.93. The molecule has 0 aliphatic heterocycles. The molecule has 0 aliphatic carbocycles. The van der Waals surface area contributed by atoms with Crippen molar-refractivity contribution in [1.29, 1.82) is 0 Å². The van der Waals surface area contributed by atoms with Crippen LogP contribution in [0, 0.1) is 12.8 Å². The molecule has 0 saturated carbocycles. The molecule has 190 valence electrons. The molecule has 0 spiro atoms. The Morgan fingerprint density at radius 2 is 1.44 bits per heavy atom. The van der Waals surface area contributed by atoms with Crippen molar-refractivity contribution < 1.29 is 9.59 Å². The second-order valence-corrected chi connectivity index (χ2v) is 10.7. The zero-order chi connectivity index (χ0) is 25.8. The summed E-state index contributed by atoms with van der Waals surface area (Å²) in [6.45, 7) is 7.20. The predicted octanol–water partition coefficient (Wildman–Crippen LogP) is 6.03. The standard InChI is InChI=1S/C31H38N2O2S/c1-24(2)21-32-31(35)29(20-26-10-6-4-7-11-26)33(22-27-16-14-25(3)15-17-27)30(34)18-19-36-23-28-12-8-5-9-13-28/h4-17,24,29H,18-23H2,1-3H3,(H,32,35)/t29-/m0/s1. The van der Waals surface area contributed by atoms with Crippen LogP contribution in [0.4, 0.5) is 0 Å². The molecule has 3 rings (SSSR count). The van der Waals surface area contributed by atoms with E-state index in [0.29, 0.717) is 37.6 Å². The van der Waals surface area contributed by atoms with E-state index in [-0.39, 0.29) is 11.8 Å². The number of nitrogens with zero attached hydrogens (tertiary/aromatic N) is 1. The van der Waals surface area contributed by atoms with Gasteiger partial charge in [-0.25, -0.2) is 0 Å². The Kier molecular flexibility index (Phi) is 11.1. The molecular formula is C31H38N2O2S. The van der Waals surface area contributed by atoms with Gasteiger partial charge in [-0.3, -0.25) is 9.59 Å². The Hall–Kier alpha value is -3.05. The molecule has 0 aromatic heterocycles. The van der Waals surface area contributed by atoms with Crippen LogP contribution in [0.1, 0.15) is 42.5 Å². The molecule has 2 amide bonds. The zero-order valence-electron chi connectivity index (χ0n) is 21.7. The lowest BCUT2D eigenvalue weighted by Crippen LogP contribution is -2.51. The fourth-order valence-corrected chi connectivity index (χ4v) is 4.83. The van der Waals surface area contributed by atoms with Crippen molar-refractivity contribution in [3.05, 3.63) is 107 Å². The van der Waals surface area contributed by atoms with Gasteiger partial charge in [0.15, 0.2) is 0 Å². The summed E-state index contributed by atoms with van der Waals surface area (Å²) >= 11 is 1.75. The number of benzene rings is 3. The van der Waals surface area contributed by atoms with Crippen LogP contribution in [0.5, 0.6) is 0 Å².